The summed E-state index contributed by atoms with van der Waals surface area (Å²) in [5, 5.41) is 6.45. The molecule has 1 heterocycles. The van der Waals surface area contributed by atoms with Crippen molar-refractivity contribution in [2.24, 2.45) is 0 Å². The number of H-pyrrole nitrogens is 1. The van der Waals surface area contributed by atoms with Gasteiger partial charge in [-0.25, -0.2) is 0 Å². The maximum absolute atomic E-state index is 3.70. The van der Waals surface area contributed by atoms with Crippen LogP contribution in [0.25, 0.3) is 0 Å². The van der Waals surface area contributed by atoms with Crippen molar-refractivity contribution in [2.45, 2.75) is 6.92 Å². The summed E-state index contributed by atoms with van der Waals surface area (Å²) in [5.41, 5.74) is 1.11. The van der Waals surface area contributed by atoms with Crippen LogP contribution in [-0.4, -0.2) is 10.2 Å². The Morgan fingerprint density at radius 1 is 1.71 bits per heavy atom. The first-order chi connectivity index (χ1) is 2.89. The third-order valence-corrected chi connectivity index (χ3v) is 0.640. The van der Waals surface area contributed by atoms with Crippen LogP contribution in [0.2, 0.25) is 0 Å². The van der Waals surface area contributed by atoms with Gasteiger partial charge >= 0.3 is 0 Å². The molecule has 7 heavy (non-hydrogen) atoms. The van der Waals surface area contributed by atoms with Crippen LogP contribution in [0.1, 0.15) is 5.69 Å². The van der Waals surface area contributed by atoms with Gasteiger partial charge < -0.3 is 0 Å². The van der Waals surface area contributed by atoms with E-state index in [1.807, 2.05) is 13.0 Å². The van der Waals surface area contributed by atoms with E-state index in [-0.39, 0.29) is 13.5 Å². The molecule has 2 nitrogen and oxygen atoms in total. The lowest BCUT2D eigenvalue weighted by Crippen LogP contribution is -1.65. The van der Waals surface area contributed by atoms with Crippen molar-refractivity contribution in [3.63, 3.8) is 0 Å². The van der Waals surface area contributed by atoms with E-state index in [1.165, 1.54) is 0 Å². The van der Waals surface area contributed by atoms with Crippen LogP contribution < -0.4 is 0 Å². The van der Waals surface area contributed by atoms with Gasteiger partial charge in [0.2, 0.25) is 0 Å². The van der Waals surface area contributed by atoms with Gasteiger partial charge in [0.25, 0.3) is 0 Å². The first kappa shape index (κ1) is 6.56. The summed E-state index contributed by atoms with van der Waals surface area (Å²) in [7, 11) is 0. The number of aromatic amines is 1. The van der Waals surface area contributed by atoms with Gasteiger partial charge in [0.05, 0.1) is 0 Å². The molecule has 0 fully saturated rings. The number of aryl methyl sites for hydroxylation is 1. The monoisotopic (exact) mass is 116 g/mol. The molecule has 1 rings (SSSR count). The predicted molar refractivity (Wildman–Crippen MR) is 33.7 cm³/mol. The molecule has 3 heteroatoms. The third-order valence-electron chi connectivity index (χ3n) is 0.640. The molecule has 0 amide bonds. The first-order valence-electron chi connectivity index (χ1n) is 1.85. The summed E-state index contributed by atoms with van der Waals surface area (Å²) in [6.45, 7) is 1.97. The molecule has 0 aromatic carbocycles. The van der Waals surface area contributed by atoms with Gasteiger partial charge in [-0.05, 0) is 13.0 Å². The second kappa shape index (κ2) is 2.69. The Kier molecular flexibility index (Phi) is 2.52. The van der Waals surface area contributed by atoms with Gasteiger partial charge in [-0.15, -0.1) is 0 Å². The van der Waals surface area contributed by atoms with E-state index in [9.17, 15) is 0 Å². The summed E-state index contributed by atoms with van der Waals surface area (Å²) in [6.07, 6.45) is 1.73. The lowest BCUT2D eigenvalue weighted by atomic mass is 10.5. The lowest BCUT2D eigenvalue weighted by molar-refractivity contribution is 1.05. The summed E-state index contributed by atoms with van der Waals surface area (Å²) in [5.74, 6) is 0. The Morgan fingerprint density at radius 3 is 2.57 bits per heavy atom. The zero-order chi connectivity index (χ0) is 4.41. The number of aromatic nitrogens is 2. The van der Waals surface area contributed by atoms with Gasteiger partial charge in [-0.3, -0.25) is 5.10 Å². The first-order valence-corrected chi connectivity index (χ1v) is 1.85. The standard InChI is InChI=1S/C4H6N2.H2S/c1-4-2-3-5-6-4;/h2-3H,1H3,(H,5,6);1H2. The zero-order valence-corrected chi connectivity index (χ0v) is 5.10. The average molecular weight is 116 g/mol. The van der Waals surface area contributed by atoms with Crippen molar-refractivity contribution in [3.05, 3.63) is 18.0 Å². The number of nitrogens with one attached hydrogen (secondary N) is 1. The van der Waals surface area contributed by atoms with Crippen molar-refractivity contribution >= 4 is 13.5 Å². The van der Waals surface area contributed by atoms with Crippen LogP contribution >= 0.6 is 13.5 Å². The maximum Gasteiger partial charge on any atom is 0.0489 e. The smallest absolute Gasteiger partial charge is 0.0489 e. The summed E-state index contributed by atoms with van der Waals surface area (Å²) in [6, 6.07) is 1.92. The molecule has 0 unspecified atom stereocenters. The molecule has 0 atom stereocenters. The summed E-state index contributed by atoms with van der Waals surface area (Å²) < 4.78 is 0. The third kappa shape index (κ3) is 1.64. The molecule has 0 aliphatic heterocycles. The molecule has 1 N–H and O–H groups in total. The largest absolute Gasteiger partial charge is 0.283 e. The molecule has 40 valence electrons. The number of hydrogen-bond donors (Lipinski definition) is 1. The Hall–Kier alpha value is -0.440. The van der Waals surface area contributed by atoms with E-state index in [0.717, 1.165) is 5.69 Å². The number of hydrogen-bond acceptors (Lipinski definition) is 1. The fourth-order valence-electron chi connectivity index (χ4n) is 0.325. The van der Waals surface area contributed by atoms with E-state index in [1.54, 1.807) is 6.20 Å². The molecule has 0 aliphatic carbocycles. The Morgan fingerprint density at radius 2 is 2.43 bits per heavy atom. The highest BCUT2D eigenvalue weighted by Gasteiger charge is 1.73. The van der Waals surface area contributed by atoms with E-state index in [4.69, 9.17) is 0 Å². The van der Waals surface area contributed by atoms with E-state index >= 15 is 0 Å². The maximum atomic E-state index is 3.70. The van der Waals surface area contributed by atoms with Crippen LogP contribution in [0.4, 0.5) is 0 Å². The molecular weight excluding hydrogens is 108 g/mol. The highest BCUT2D eigenvalue weighted by molar-refractivity contribution is 7.59. The topological polar surface area (TPSA) is 28.7 Å². The number of rotatable bonds is 0. The molecular formula is C4H8N2S. The van der Waals surface area contributed by atoms with Gasteiger partial charge in [0, 0.05) is 11.9 Å². The molecule has 0 saturated carbocycles. The van der Waals surface area contributed by atoms with Gasteiger partial charge in [0.15, 0.2) is 0 Å². The predicted octanol–water partition coefficient (Wildman–Crippen LogP) is 0.831. The SMILES string of the molecule is Cc1ccn[nH]1.S. The molecule has 1 aromatic rings. The average Bonchev–Trinajstić information content (AvgIpc) is 1.86. The van der Waals surface area contributed by atoms with Gasteiger partial charge in [-0.2, -0.15) is 18.6 Å². The molecule has 0 bridgehead atoms. The van der Waals surface area contributed by atoms with Crippen molar-refractivity contribution in [1.82, 2.24) is 10.2 Å². The minimum absolute atomic E-state index is 0. The minimum atomic E-state index is 0. The summed E-state index contributed by atoms with van der Waals surface area (Å²) in [4.78, 5) is 0. The van der Waals surface area contributed by atoms with E-state index in [0.29, 0.717) is 0 Å². The highest BCUT2D eigenvalue weighted by Crippen LogP contribution is 1.82. The van der Waals surface area contributed by atoms with Crippen LogP contribution in [0.5, 0.6) is 0 Å². The Bertz CT molecular complexity index is 113. The molecule has 0 radical (unpaired) electrons. The summed E-state index contributed by atoms with van der Waals surface area (Å²) >= 11 is 0. The van der Waals surface area contributed by atoms with Crippen molar-refractivity contribution < 1.29 is 0 Å². The molecule has 0 spiro atoms. The Balaban J connectivity index is 0.000000360. The highest BCUT2D eigenvalue weighted by atomic mass is 32.1. The van der Waals surface area contributed by atoms with Crippen LogP contribution in [0, 0.1) is 6.92 Å². The van der Waals surface area contributed by atoms with Crippen LogP contribution in [-0.2, 0) is 0 Å². The second-order valence-electron chi connectivity index (χ2n) is 1.24. The molecule has 1 aromatic heterocycles. The van der Waals surface area contributed by atoms with E-state index in [2.05, 4.69) is 10.2 Å². The fourth-order valence-corrected chi connectivity index (χ4v) is 0.325. The second-order valence-corrected chi connectivity index (χ2v) is 1.24. The number of nitrogens with zero attached hydrogens (tertiary/aromatic N) is 1. The van der Waals surface area contributed by atoms with Gasteiger partial charge in [0.1, 0.15) is 0 Å². The van der Waals surface area contributed by atoms with Crippen molar-refractivity contribution in [2.75, 3.05) is 0 Å². The van der Waals surface area contributed by atoms with Crippen molar-refractivity contribution in [1.29, 1.82) is 0 Å². The fraction of sp³-hybridized carbons (Fsp3) is 0.250. The zero-order valence-electron chi connectivity index (χ0n) is 4.10. The molecule has 0 saturated heterocycles. The van der Waals surface area contributed by atoms with Crippen molar-refractivity contribution in [3.8, 4) is 0 Å². The van der Waals surface area contributed by atoms with Crippen LogP contribution in [0.15, 0.2) is 12.3 Å². The normalized spacial score (nSPS) is 7.57. The quantitative estimate of drug-likeness (QED) is 0.534. The lowest BCUT2D eigenvalue weighted by Gasteiger charge is -1.68. The minimum Gasteiger partial charge on any atom is -0.283 e. The van der Waals surface area contributed by atoms with Crippen LogP contribution in [0.3, 0.4) is 0 Å². The van der Waals surface area contributed by atoms with E-state index < -0.39 is 0 Å². The van der Waals surface area contributed by atoms with Gasteiger partial charge in [-0.1, -0.05) is 0 Å². The Labute approximate surface area is 49.4 Å². The molecule has 0 aliphatic rings.